The van der Waals surface area contributed by atoms with Crippen molar-refractivity contribution in [3.8, 4) is 0 Å². The van der Waals surface area contributed by atoms with Crippen LogP contribution in [0.3, 0.4) is 0 Å². The van der Waals surface area contributed by atoms with E-state index in [-0.39, 0.29) is 12.4 Å². The molecule has 0 aliphatic rings. The van der Waals surface area contributed by atoms with Crippen LogP contribution in [-0.4, -0.2) is 24.2 Å². The van der Waals surface area contributed by atoms with Crippen LogP contribution in [0.25, 0.3) is 0 Å². The van der Waals surface area contributed by atoms with Crippen molar-refractivity contribution >= 4 is 23.3 Å². The van der Waals surface area contributed by atoms with E-state index in [2.05, 4.69) is 11.6 Å². The third-order valence-electron chi connectivity index (χ3n) is 2.36. The summed E-state index contributed by atoms with van der Waals surface area (Å²) < 4.78 is 10.3. The van der Waals surface area contributed by atoms with Gasteiger partial charge < -0.3 is 15.2 Å². The van der Waals surface area contributed by atoms with Crippen LogP contribution in [0, 0.1) is 0 Å². The van der Waals surface area contributed by atoms with Gasteiger partial charge in [-0.05, 0) is 19.9 Å². The van der Waals surface area contributed by atoms with Gasteiger partial charge in [0.1, 0.15) is 5.76 Å². The van der Waals surface area contributed by atoms with Gasteiger partial charge in [0, 0.05) is 6.20 Å². The lowest BCUT2D eigenvalue weighted by Crippen LogP contribution is -2.21. The van der Waals surface area contributed by atoms with Crippen LogP contribution in [0.1, 0.15) is 25.5 Å². The number of hydrogen-bond donors (Lipinski definition) is 1. The minimum atomic E-state index is -0.850. The third kappa shape index (κ3) is 3.86. The molecule has 0 aromatic carbocycles. The Morgan fingerprint density at radius 1 is 1.47 bits per heavy atom. The van der Waals surface area contributed by atoms with Gasteiger partial charge in [-0.2, -0.15) is 0 Å². The Morgan fingerprint density at radius 2 is 2.11 bits per heavy atom. The number of ether oxygens (including phenoxy) is 2. The Morgan fingerprint density at radius 3 is 2.63 bits per heavy atom. The fourth-order valence-electron chi connectivity index (χ4n) is 1.60. The van der Waals surface area contributed by atoms with E-state index >= 15 is 0 Å². The Hall–Kier alpha value is -1.75. The number of aromatic nitrogens is 1. The smallest absolute Gasteiger partial charge is 0.322 e. The zero-order valence-corrected chi connectivity index (χ0v) is 11.7. The van der Waals surface area contributed by atoms with Gasteiger partial charge in [0.2, 0.25) is 0 Å². The molecule has 0 aliphatic carbocycles. The molecule has 5 nitrogen and oxygen atoms in total. The van der Waals surface area contributed by atoms with Crippen LogP contribution in [0.4, 0.5) is 5.69 Å². The molecule has 1 heterocycles. The first-order valence-electron chi connectivity index (χ1n) is 5.90. The molecular weight excluding hydrogens is 268 g/mol. The monoisotopic (exact) mass is 284 g/mol. The lowest BCUT2D eigenvalue weighted by atomic mass is 10.0. The number of pyridine rings is 1. The van der Waals surface area contributed by atoms with E-state index < -0.39 is 11.9 Å². The van der Waals surface area contributed by atoms with Gasteiger partial charge in [0.05, 0.1) is 29.6 Å². The van der Waals surface area contributed by atoms with E-state index in [9.17, 15) is 4.79 Å². The number of nitrogens with zero attached hydrogens (tertiary/aromatic N) is 1. The van der Waals surface area contributed by atoms with Crippen molar-refractivity contribution in [2.45, 2.75) is 19.8 Å². The summed E-state index contributed by atoms with van der Waals surface area (Å²) in [5, 5.41) is 0.394. The maximum atomic E-state index is 12.0. The molecule has 6 heteroatoms. The predicted molar refractivity (Wildman–Crippen MR) is 73.8 cm³/mol. The first kappa shape index (κ1) is 15.3. The summed E-state index contributed by atoms with van der Waals surface area (Å²) >= 11 is 5.79. The second-order valence-corrected chi connectivity index (χ2v) is 4.15. The van der Waals surface area contributed by atoms with Crippen LogP contribution < -0.4 is 5.73 Å². The molecular formula is C13H17ClN2O3. The zero-order chi connectivity index (χ0) is 14.4. The minimum Gasteiger partial charge on any atom is -0.498 e. The van der Waals surface area contributed by atoms with Gasteiger partial charge in [-0.25, -0.2) is 0 Å². The van der Waals surface area contributed by atoms with Gasteiger partial charge in [-0.1, -0.05) is 18.2 Å². The van der Waals surface area contributed by atoms with Crippen LogP contribution in [0.2, 0.25) is 5.02 Å². The van der Waals surface area contributed by atoms with Crippen molar-refractivity contribution in [3.63, 3.8) is 0 Å². The first-order valence-corrected chi connectivity index (χ1v) is 6.28. The van der Waals surface area contributed by atoms with Crippen LogP contribution in [0.15, 0.2) is 24.6 Å². The molecule has 19 heavy (non-hydrogen) atoms. The van der Waals surface area contributed by atoms with Crippen molar-refractivity contribution in [1.29, 1.82) is 0 Å². The second-order valence-electron chi connectivity index (χ2n) is 3.71. The number of halogens is 1. The standard InChI is InChI=1S/C13H17ClN2O3/c1-4-18-8(3)11(13(17)19-5-2)12-10(15)6-9(14)7-16-12/h6-7,11H,3-5,15H2,1-2H3. The summed E-state index contributed by atoms with van der Waals surface area (Å²) in [6.45, 7) is 7.90. The molecule has 1 aromatic heterocycles. The van der Waals surface area contributed by atoms with Crippen molar-refractivity contribution < 1.29 is 14.3 Å². The molecule has 1 rings (SSSR count). The van der Waals surface area contributed by atoms with Crippen LogP contribution >= 0.6 is 11.6 Å². The molecule has 1 atom stereocenters. The Kier molecular flexibility index (Phi) is 5.63. The Labute approximate surface area is 117 Å². The molecule has 0 bridgehead atoms. The van der Waals surface area contributed by atoms with Crippen molar-refractivity contribution in [2.75, 3.05) is 18.9 Å². The fraction of sp³-hybridized carbons (Fsp3) is 0.385. The topological polar surface area (TPSA) is 74.4 Å². The molecule has 2 N–H and O–H groups in total. The molecule has 104 valence electrons. The van der Waals surface area contributed by atoms with Crippen LogP contribution in [0.5, 0.6) is 0 Å². The maximum Gasteiger partial charge on any atom is 0.322 e. The normalized spacial score (nSPS) is 11.7. The number of carbonyl (C=O) groups is 1. The number of esters is 1. The largest absolute Gasteiger partial charge is 0.498 e. The van der Waals surface area contributed by atoms with Gasteiger partial charge in [0.25, 0.3) is 0 Å². The molecule has 1 unspecified atom stereocenters. The van der Waals surface area contributed by atoms with Crippen LogP contribution in [-0.2, 0) is 14.3 Å². The number of hydrogen-bond acceptors (Lipinski definition) is 5. The molecule has 0 amide bonds. The molecule has 0 fully saturated rings. The quantitative estimate of drug-likeness (QED) is 0.642. The van der Waals surface area contributed by atoms with E-state index in [0.29, 0.717) is 23.0 Å². The van der Waals surface area contributed by atoms with E-state index in [0.717, 1.165) is 0 Å². The summed E-state index contributed by atoms with van der Waals surface area (Å²) in [6.07, 6.45) is 1.42. The highest BCUT2D eigenvalue weighted by Crippen LogP contribution is 2.29. The summed E-state index contributed by atoms with van der Waals surface area (Å²) in [7, 11) is 0. The molecule has 0 saturated heterocycles. The lowest BCUT2D eigenvalue weighted by molar-refractivity contribution is -0.144. The number of anilines is 1. The number of nitrogens with two attached hydrogens (primary N) is 1. The predicted octanol–water partition coefficient (Wildman–Crippen LogP) is 2.51. The van der Waals surface area contributed by atoms with Crippen molar-refractivity contribution in [1.82, 2.24) is 4.98 Å². The minimum absolute atomic E-state index is 0.252. The summed E-state index contributed by atoms with van der Waals surface area (Å²) in [4.78, 5) is 16.1. The average molecular weight is 285 g/mol. The summed E-state index contributed by atoms with van der Waals surface area (Å²) in [6, 6.07) is 1.52. The molecule has 1 aromatic rings. The maximum absolute atomic E-state index is 12.0. The van der Waals surface area contributed by atoms with E-state index in [4.69, 9.17) is 26.8 Å². The van der Waals surface area contributed by atoms with Crippen molar-refractivity contribution in [3.05, 3.63) is 35.3 Å². The first-order chi connectivity index (χ1) is 9.01. The molecule has 0 radical (unpaired) electrons. The second kappa shape index (κ2) is 6.99. The fourth-order valence-corrected chi connectivity index (χ4v) is 1.76. The number of rotatable bonds is 6. The van der Waals surface area contributed by atoms with E-state index in [1.807, 2.05) is 0 Å². The zero-order valence-electron chi connectivity index (χ0n) is 11.0. The van der Waals surface area contributed by atoms with Gasteiger partial charge in [0.15, 0.2) is 5.92 Å². The third-order valence-corrected chi connectivity index (χ3v) is 2.57. The SMILES string of the molecule is C=C(OCC)C(C(=O)OCC)c1ncc(Cl)cc1N. The summed E-state index contributed by atoms with van der Waals surface area (Å²) in [5.41, 5.74) is 6.47. The summed E-state index contributed by atoms with van der Waals surface area (Å²) in [5.74, 6) is -1.10. The molecule has 0 saturated carbocycles. The van der Waals surface area contributed by atoms with Crippen molar-refractivity contribution in [2.24, 2.45) is 0 Å². The number of nitrogen functional groups attached to an aromatic ring is 1. The highest BCUT2D eigenvalue weighted by Gasteiger charge is 2.29. The molecule has 0 aliphatic heterocycles. The van der Waals surface area contributed by atoms with E-state index in [1.165, 1.54) is 12.3 Å². The van der Waals surface area contributed by atoms with Gasteiger partial charge in [-0.3, -0.25) is 9.78 Å². The Bertz CT molecular complexity index is 459. The Balaban J connectivity index is 3.14. The van der Waals surface area contributed by atoms with Gasteiger partial charge in [-0.15, -0.1) is 0 Å². The van der Waals surface area contributed by atoms with E-state index in [1.54, 1.807) is 13.8 Å². The average Bonchev–Trinajstić information content (AvgIpc) is 2.33. The molecule has 0 spiro atoms. The highest BCUT2D eigenvalue weighted by atomic mass is 35.5. The van der Waals surface area contributed by atoms with Gasteiger partial charge >= 0.3 is 5.97 Å². The highest BCUT2D eigenvalue weighted by molar-refractivity contribution is 6.30. The lowest BCUT2D eigenvalue weighted by Gasteiger charge is -2.19. The number of carbonyl (C=O) groups excluding carboxylic acids is 1.